The van der Waals surface area contributed by atoms with Crippen molar-refractivity contribution in [3.63, 3.8) is 0 Å². The third-order valence-corrected chi connectivity index (χ3v) is 1.00. The van der Waals surface area contributed by atoms with Gasteiger partial charge in [0, 0.05) is 6.92 Å². The van der Waals surface area contributed by atoms with E-state index in [4.69, 9.17) is 4.74 Å². The zero-order valence-electron chi connectivity index (χ0n) is 7.66. The third kappa shape index (κ3) is 6.86. The first-order chi connectivity index (χ1) is 5.66. The van der Waals surface area contributed by atoms with Gasteiger partial charge in [0.25, 0.3) is 0 Å². The van der Waals surface area contributed by atoms with E-state index in [1.54, 1.807) is 12.3 Å². The maximum absolute atomic E-state index is 10.3. The zero-order chi connectivity index (χ0) is 9.40. The normalized spacial score (nSPS) is 11.8. The number of ether oxygens (including phenoxy) is 2. The monoisotopic (exact) mass is 170 g/mol. The van der Waals surface area contributed by atoms with Crippen LogP contribution in [0.1, 0.15) is 20.8 Å². The van der Waals surface area contributed by atoms with Crippen LogP contribution in [0.25, 0.3) is 0 Å². The van der Waals surface area contributed by atoms with Crippen molar-refractivity contribution < 1.29 is 14.3 Å². The maximum Gasteiger partial charge on any atom is 0.307 e. The molecule has 0 saturated heterocycles. The average Bonchev–Trinajstić information content (AvgIpc) is 2.00. The Balaban J connectivity index is 3.74. The lowest BCUT2D eigenvalue weighted by molar-refractivity contribution is -0.135. The minimum atomic E-state index is -0.324. The van der Waals surface area contributed by atoms with E-state index >= 15 is 0 Å². The fourth-order valence-corrected chi connectivity index (χ4v) is 0.491. The smallest absolute Gasteiger partial charge is 0.307 e. The van der Waals surface area contributed by atoms with Gasteiger partial charge in [-0.25, -0.2) is 0 Å². The van der Waals surface area contributed by atoms with Crippen LogP contribution in [-0.2, 0) is 14.3 Å². The number of hydrogen-bond donors (Lipinski definition) is 0. The number of hydrogen-bond acceptors (Lipinski definition) is 3. The fourth-order valence-electron chi connectivity index (χ4n) is 0.491. The van der Waals surface area contributed by atoms with Crippen LogP contribution in [0.5, 0.6) is 0 Å². The molecule has 0 aromatic heterocycles. The summed E-state index contributed by atoms with van der Waals surface area (Å²) in [4.78, 5) is 10.3. The summed E-state index contributed by atoms with van der Waals surface area (Å²) in [5.41, 5.74) is 0.901. The summed E-state index contributed by atoms with van der Waals surface area (Å²) in [5.74, 6) is -0.324. The van der Waals surface area contributed by atoms with Crippen molar-refractivity contribution in [2.24, 2.45) is 0 Å². The molecule has 0 radical (unpaired) electrons. The first-order valence-corrected chi connectivity index (χ1v) is 3.79. The second-order valence-corrected chi connectivity index (χ2v) is 2.23. The van der Waals surface area contributed by atoms with Gasteiger partial charge in [-0.15, -0.1) is 0 Å². The van der Waals surface area contributed by atoms with Crippen molar-refractivity contribution in [2.75, 3.05) is 6.61 Å². The molecule has 12 heavy (non-hydrogen) atoms. The number of allylic oxidation sites excluding steroid dienone is 2. The molecular weight excluding hydrogens is 156 g/mol. The largest absolute Gasteiger partial charge is 0.501 e. The van der Waals surface area contributed by atoms with Gasteiger partial charge in [-0.1, -0.05) is 0 Å². The number of esters is 1. The van der Waals surface area contributed by atoms with E-state index in [1.165, 1.54) is 13.2 Å². The average molecular weight is 170 g/mol. The van der Waals surface area contributed by atoms with Gasteiger partial charge in [-0.05, 0) is 25.5 Å². The van der Waals surface area contributed by atoms with Crippen molar-refractivity contribution in [1.29, 1.82) is 0 Å². The molecule has 0 amide bonds. The maximum atomic E-state index is 10.3. The van der Waals surface area contributed by atoms with Gasteiger partial charge in [-0.2, -0.15) is 0 Å². The van der Waals surface area contributed by atoms with Crippen molar-refractivity contribution in [1.82, 2.24) is 0 Å². The Morgan fingerprint density at radius 1 is 1.42 bits per heavy atom. The highest BCUT2D eigenvalue weighted by atomic mass is 16.5. The molecule has 3 nitrogen and oxygen atoms in total. The molecule has 0 N–H and O–H groups in total. The van der Waals surface area contributed by atoms with Crippen LogP contribution >= 0.6 is 0 Å². The van der Waals surface area contributed by atoms with E-state index in [0.717, 1.165) is 5.57 Å². The first kappa shape index (κ1) is 10.8. The predicted molar refractivity (Wildman–Crippen MR) is 46.3 cm³/mol. The highest BCUT2D eigenvalue weighted by molar-refractivity contribution is 5.66. The molecule has 0 aromatic carbocycles. The van der Waals surface area contributed by atoms with Gasteiger partial charge in [0.05, 0.1) is 19.1 Å². The summed E-state index contributed by atoms with van der Waals surface area (Å²) in [7, 11) is 0. The van der Waals surface area contributed by atoms with Crippen LogP contribution in [0.3, 0.4) is 0 Å². The fraction of sp³-hybridized carbons (Fsp3) is 0.444. The second kappa shape index (κ2) is 6.46. The van der Waals surface area contributed by atoms with Crippen LogP contribution in [0.15, 0.2) is 24.2 Å². The minimum Gasteiger partial charge on any atom is -0.501 e. The molecule has 3 heteroatoms. The van der Waals surface area contributed by atoms with Gasteiger partial charge in [0.2, 0.25) is 0 Å². The van der Waals surface area contributed by atoms with E-state index < -0.39 is 0 Å². The lowest BCUT2D eigenvalue weighted by Crippen LogP contribution is -1.89. The quantitative estimate of drug-likeness (QED) is 0.368. The Morgan fingerprint density at radius 2 is 2.08 bits per heavy atom. The molecule has 0 aromatic rings. The molecule has 0 bridgehead atoms. The standard InChI is InChI=1S/C9H14O3/c1-4-11-7-8(2)5-6-12-9(3)10/h5-7H,4H2,1-3H3. The first-order valence-electron chi connectivity index (χ1n) is 3.79. The summed E-state index contributed by atoms with van der Waals surface area (Å²) in [6.45, 7) is 5.75. The summed E-state index contributed by atoms with van der Waals surface area (Å²) in [5, 5.41) is 0. The lowest BCUT2D eigenvalue weighted by atomic mass is 10.3. The molecule has 0 aliphatic rings. The highest BCUT2D eigenvalue weighted by Gasteiger charge is 1.85. The van der Waals surface area contributed by atoms with Crippen LogP contribution in [0.2, 0.25) is 0 Å². The van der Waals surface area contributed by atoms with Gasteiger partial charge in [0.15, 0.2) is 0 Å². The Hall–Kier alpha value is -1.25. The highest BCUT2D eigenvalue weighted by Crippen LogP contribution is 1.95. The van der Waals surface area contributed by atoms with Crippen LogP contribution in [0, 0.1) is 0 Å². The molecule has 0 fully saturated rings. The minimum absolute atomic E-state index is 0.324. The molecule has 0 aliphatic carbocycles. The van der Waals surface area contributed by atoms with Crippen LogP contribution < -0.4 is 0 Å². The molecule has 0 spiro atoms. The Labute approximate surface area is 72.7 Å². The second-order valence-electron chi connectivity index (χ2n) is 2.23. The Morgan fingerprint density at radius 3 is 2.58 bits per heavy atom. The van der Waals surface area contributed by atoms with E-state index in [1.807, 2.05) is 13.8 Å². The molecule has 0 atom stereocenters. The third-order valence-electron chi connectivity index (χ3n) is 1.00. The van der Waals surface area contributed by atoms with Crippen LogP contribution in [0.4, 0.5) is 0 Å². The summed E-state index contributed by atoms with van der Waals surface area (Å²) in [6.07, 6.45) is 4.62. The van der Waals surface area contributed by atoms with Crippen molar-refractivity contribution in [3.05, 3.63) is 24.2 Å². The molecular formula is C9H14O3. The number of rotatable bonds is 4. The van der Waals surface area contributed by atoms with E-state index in [9.17, 15) is 4.79 Å². The summed E-state index contributed by atoms with van der Waals surface area (Å²) < 4.78 is 9.58. The Kier molecular flexibility index (Phi) is 5.79. The summed E-state index contributed by atoms with van der Waals surface area (Å²) >= 11 is 0. The van der Waals surface area contributed by atoms with Crippen molar-refractivity contribution >= 4 is 5.97 Å². The van der Waals surface area contributed by atoms with Crippen LogP contribution in [-0.4, -0.2) is 12.6 Å². The van der Waals surface area contributed by atoms with Gasteiger partial charge >= 0.3 is 5.97 Å². The molecule has 68 valence electrons. The van der Waals surface area contributed by atoms with Gasteiger partial charge < -0.3 is 9.47 Å². The lowest BCUT2D eigenvalue weighted by Gasteiger charge is -1.95. The molecule has 0 unspecified atom stereocenters. The molecule has 0 rings (SSSR count). The Bertz CT molecular complexity index is 192. The van der Waals surface area contributed by atoms with E-state index in [0.29, 0.717) is 6.61 Å². The zero-order valence-corrected chi connectivity index (χ0v) is 7.66. The SMILES string of the molecule is CCOC=C(C)C=COC(C)=O. The van der Waals surface area contributed by atoms with Crippen molar-refractivity contribution in [3.8, 4) is 0 Å². The van der Waals surface area contributed by atoms with Gasteiger partial charge in [0.1, 0.15) is 0 Å². The summed E-state index contributed by atoms with van der Waals surface area (Å²) in [6, 6.07) is 0. The van der Waals surface area contributed by atoms with Gasteiger partial charge in [-0.3, -0.25) is 4.79 Å². The topological polar surface area (TPSA) is 35.5 Å². The van der Waals surface area contributed by atoms with E-state index in [-0.39, 0.29) is 5.97 Å². The molecule has 0 saturated carbocycles. The number of carbonyl (C=O) groups is 1. The van der Waals surface area contributed by atoms with Crippen molar-refractivity contribution in [2.45, 2.75) is 20.8 Å². The molecule has 0 heterocycles. The predicted octanol–water partition coefficient (Wildman–Crippen LogP) is 2.00. The number of carbonyl (C=O) groups excluding carboxylic acids is 1. The molecule has 0 aliphatic heterocycles. The van der Waals surface area contributed by atoms with E-state index in [2.05, 4.69) is 4.74 Å².